The van der Waals surface area contributed by atoms with Crippen LogP contribution < -0.4 is 0 Å². The quantitative estimate of drug-likeness (QED) is 0.0534. The molecule has 4 saturated carbocycles. The third-order valence-electron chi connectivity index (χ3n) is 21.0. The maximum Gasteiger partial charge on any atom is 0.187 e. The van der Waals surface area contributed by atoms with Gasteiger partial charge in [-0.05, 0) is 106 Å². The van der Waals surface area contributed by atoms with Gasteiger partial charge in [0.15, 0.2) is 25.2 Å². The molecule has 4 aliphatic heterocycles. The van der Waals surface area contributed by atoms with E-state index in [2.05, 4.69) is 26.8 Å². The Morgan fingerprint density at radius 2 is 1.05 bits per heavy atom. The van der Waals surface area contributed by atoms with Crippen molar-refractivity contribution in [1.82, 2.24) is 0 Å². The van der Waals surface area contributed by atoms with Crippen LogP contribution in [0.25, 0.3) is 0 Å². The zero-order chi connectivity index (χ0) is 57.5. The van der Waals surface area contributed by atoms with Gasteiger partial charge >= 0.3 is 0 Å². The maximum atomic E-state index is 12.8. The van der Waals surface area contributed by atoms with E-state index in [9.17, 15) is 81.7 Å². The number of aliphatic hydroxyl groups excluding tert-OH is 16. The highest BCUT2D eigenvalue weighted by Crippen LogP contribution is 2.76. The van der Waals surface area contributed by atoms with Crippen LogP contribution in [0.15, 0.2) is 11.6 Å². The topological polar surface area (TPSA) is 398 Å². The van der Waals surface area contributed by atoms with Gasteiger partial charge in [0.05, 0.1) is 50.3 Å². The molecule has 8 fully saturated rings. The highest BCUT2D eigenvalue weighted by atomic mass is 16.8. The summed E-state index contributed by atoms with van der Waals surface area (Å²) < 4.78 is 48.7. The van der Waals surface area contributed by atoms with Crippen LogP contribution in [0.1, 0.15) is 107 Å². The van der Waals surface area contributed by atoms with Crippen molar-refractivity contribution < 1.29 is 120 Å². The molecule has 0 bridgehead atoms. The zero-order valence-corrected chi connectivity index (χ0v) is 46.1. The standard InChI is InChI=1S/C54H92O24/c1-22(2)10-9-13-53(7,78-48-44(70)40(66)37(63)28(75-48)21-71-46-42(68)38(64)34(60)25(18-55)72-46)23-11-14-52(6)33(23)24(58)16-30-51(52,5)15-12-29-50(3,4)32(17-31(59)54(29,30)8)76-49-45(41(67)36(62)27(20-57)74-49)77-47-43(69)39(65)35(61)26(19-56)73-47/h10,23-49,55-70H,9,11-21H2,1-8H3/t23?,24?,25-,26-,27-,28-,29?,30?,31?,32?,33?,34-,35-,36-,37-,38+,39+,40+,41+,42-,43-,44-,45-,46-,47+,48+,49+,51-,52-,53?,54+/m1/s1. The summed E-state index contributed by atoms with van der Waals surface area (Å²) in [5.41, 5.74) is -2.64. The molecule has 452 valence electrons. The van der Waals surface area contributed by atoms with Gasteiger partial charge in [-0.3, -0.25) is 0 Å². The molecule has 0 spiro atoms. The highest BCUT2D eigenvalue weighted by Gasteiger charge is 2.74. The lowest BCUT2D eigenvalue weighted by Crippen LogP contribution is -2.70. The Labute approximate surface area is 455 Å². The van der Waals surface area contributed by atoms with Gasteiger partial charge in [0.1, 0.15) is 97.7 Å². The van der Waals surface area contributed by atoms with Crippen LogP contribution in [0, 0.1) is 45.3 Å². The molecule has 8 aliphatic rings. The van der Waals surface area contributed by atoms with Crippen LogP contribution in [-0.2, 0) is 37.9 Å². The van der Waals surface area contributed by atoms with Crippen LogP contribution in [0.3, 0.4) is 0 Å². The van der Waals surface area contributed by atoms with Gasteiger partial charge in [-0.15, -0.1) is 0 Å². The minimum absolute atomic E-state index is 0.0512. The van der Waals surface area contributed by atoms with Crippen molar-refractivity contribution in [3.8, 4) is 0 Å². The first-order valence-electron chi connectivity index (χ1n) is 28.0. The van der Waals surface area contributed by atoms with Crippen LogP contribution in [0.4, 0.5) is 0 Å². The van der Waals surface area contributed by atoms with Gasteiger partial charge < -0.3 is 120 Å². The van der Waals surface area contributed by atoms with Crippen molar-refractivity contribution in [2.45, 2.75) is 253 Å². The van der Waals surface area contributed by atoms with Crippen molar-refractivity contribution in [3.05, 3.63) is 11.6 Å². The minimum Gasteiger partial charge on any atom is -0.394 e. The number of hydrogen-bond donors (Lipinski definition) is 16. The maximum absolute atomic E-state index is 12.8. The Balaban J connectivity index is 1.02. The Bertz CT molecular complexity index is 2030. The second kappa shape index (κ2) is 23.7. The van der Waals surface area contributed by atoms with Crippen molar-refractivity contribution in [1.29, 1.82) is 0 Å². The lowest BCUT2D eigenvalue weighted by atomic mass is 9.34. The fraction of sp³-hybridized carbons (Fsp3) is 0.963. The van der Waals surface area contributed by atoms with E-state index in [4.69, 9.17) is 37.9 Å². The number of hydrogen-bond acceptors (Lipinski definition) is 24. The Hall–Kier alpha value is -1.22. The molecule has 0 amide bonds. The summed E-state index contributed by atoms with van der Waals surface area (Å²) in [5, 5.41) is 175. The van der Waals surface area contributed by atoms with Gasteiger partial charge in [-0.25, -0.2) is 0 Å². The molecule has 4 heterocycles. The average molecular weight is 1130 g/mol. The Morgan fingerprint density at radius 3 is 1.63 bits per heavy atom. The summed E-state index contributed by atoms with van der Waals surface area (Å²) in [4.78, 5) is 0. The summed E-state index contributed by atoms with van der Waals surface area (Å²) in [5.74, 6) is -1.18. The summed E-state index contributed by atoms with van der Waals surface area (Å²) in [6.45, 7) is 13.8. The molecule has 0 aromatic heterocycles. The molecule has 24 nitrogen and oxygen atoms in total. The van der Waals surface area contributed by atoms with E-state index in [0.717, 1.165) is 5.57 Å². The highest BCUT2D eigenvalue weighted by molar-refractivity contribution is 5.22. The fourth-order valence-electron chi connectivity index (χ4n) is 16.2. The first-order chi connectivity index (χ1) is 36.5. The normalized spacial score (nSPS) is 53.1. The monoisotopic (exact) mass is 1120 g/mol. The van der Waals surface area contributed by atoms with Crippen LogP contribution in [0.2, 0.25) is 0 Å². The minimum atomic E-state index is -1.86. The Kier molecular flexibility index (Phi) is 19.1. The zero-order valence-electron chi connectivity index (χ0n) is 46.1. The van der Waals surface area contributed by atoms with E-state index in [1.165, 1.54) is 0 Å². The van der Waals surface area contributed by atoms with Crippen LogP contribution in [0.5, 0.6) is 0 Å². The smallest absolute Gasteiger partial charge is 0.187 e. The summed E-state index contributed by atoms with van der Waals surface area (Å²) in [7, 11) is 0. The SMILES string of the molecule is CC(C)=CCCC(C)(O[C@@H]1O[C@H](CO[C@@H]2O[C@H](CO)[C@@H](O)[C@H](O)[C@H]2O)[C@@H](O)[C@H](O)[C@H]1O)C1CC[C@]2(C)C1C(O)CC1[C@@]3(C)C(O)CC(O[C@@H]4O[C@H](CO)[C@@H](O)[C@H](O)[C@H]4O[C@@H]4O[C@H](CO)[C@@H](O)[C@H](O)[C@H]4O)C(C)(C)C3CC[C@]12C. The van der Waals surface area contributed by atoms with E-state index in [1.807, 2.05) is 34.6 Å². The van der Waals surface area contributed by atoms with Gasteiger partial charge in [0.2, 0.25) is 0 Å². The summed E-state index contributed by atoms with van der Waals surface area (Å²) in [6.07, 6.45) is -29.3. The van der Waals surface area contributed by atoms with Crippen molar-refractivity contribution in [2.24, 2.45) is 45.3 Å². The van der Waals surface area contributed by atoms with E-state index in [-0.39, 0.29) is 30.1 Å². The van der Waals surface area contributed by atoms with Gasteiger partial charge in [0.25, 0.3) is 0 Å². The van der Waals surface area contributed by atoms with Gasteiger partial charge in [-0.1, -0.05) is 46.3 Å². The summed E-state index contributed by atoms with van der Waals surface area (Å²) >= 11 is 0. The van der Waals surface area contributed by atoms with E-state index in [0.29, 0.717) is 44.9 Å². The lowest BCUT2D eigenvalue weighted by Gasteiger charge is -2.71. The fourth-order valence-corrected chi connectivity index (χ4v) is 16.2. The molecule has 0 aromatic carbocycles. The van der Waals surface area contributed by atoms with E-state index >= 15 is 0 Å². The van der Waals surface area contributed by atoms with E-state index in [1.54, 1.807) is 0 Å². The largest absolute Gasteiger partial charge is 0.394 e. The predicted octanol–water partition coefficient (Wildman–Crippen LogP) is -3.23. The van der Waals surface area contributed by atoms with Crippen molar-refractivity contribution in [3.63, 3.8) is 0 Å². The first kappa shape index (κ1) is 62.8. The van der Waals surface area contributed by atoms with Crippen molar-refractivity contribution in [2.75, 3.05) is 26.4 Å². The first-order valence-corrected chi connectivity index (χ1v) is 28.0. The molecule has 0 aromatic rings. The van der Waals surface area contributed by atoms with Crippen LogP contribution >= 0.6 is 0 Å². The Morgan fingerprint density at radius 1 is 0.551 bits per heavy atom. The molecule has 78 heavy (non-hydrogen) atoms. The number of fused-ring (bicyclic) bond motifs is 5. The molecular weight excluding hydrogens is 1030 g/mol. The molecular formula is C54H92O24. The second-order valence-corrected chi connectivity index (χ2v) is 25.8. The molecule has 8 unspecified atom stereocenters. The number of rotatable bonds is 16. The van der Waals surface area contributed by atoms with Gasteiger partial charge in [0, 0.05) is 11.8 Å². The number of allylic oxidation sites excluding steroid dienone is 2. The van der Waals surface area contributed by atoms with Crippen molar-refractivity contribution >= 4 is 0 Å². The van der Waals surface area contributed by atoms with Gasteiger partial charge in [-0.2, -0.15) is 0 Å². The lowest BCUT2D eigenvalue weighted by molar-refractivity contribution is -0.381. The molecule has 0 radical (unpaired) electrons. The number of aliphatic hydroxyl groups is 16. The second-order valence-electron chi connectivity index (χ2n) is 25.8. The van der Waals surface area contributed by atoms with Crippen LogP contribution in [-0.4, -0.2) is 255 Å². The van der Waals surface area contributed by atoms with E-state index < -0.39 is 195 Å². The predicted molar refractivity (Wildman–Crippen MR) is 268 cm³/mol. The number of ether oxygens (including phenoxy) is 8. The third-order valence-corrected chi connectivity index (χ3v) is 21.0. The molecule has 31 atom stereocenters. The molecule has 16 N–H and O–H groups in total. The average Bonchev–Trinajstić information content (AvgIpc) is 3.85. The summed E-state index contributed by atoms with van der Waals surface area (Å²) in [6, 6.07) is 0. The molecule has 24 heteroatoms. The molecule has 8 rings (SSSR count). The molecule has 4 aliphatic carbocycles. The third kappa shape index (κ3) is 10.7. The molecule has 4 saturated heterocycles.